The Balaban J connectivity index is 2.62. The second kappa shape index (κ2) is 6.81. The van der Waals surface area contributed by atoms with Gasteiger partial charge in [0.15, 0.2) is 0 Å². The van der Waals surface area contributed by atoms with Crippen LogP contribution in [0.4, 0.5) is 18.0 Å². The monoisotopic (exact) mass is 296 g/mol. The fourth-order valence-corrected chi connectivity index (χ4v) is 2.38. The van der Waals surface area contributed by atoms with Gasteiger partial charge in [-0.15, -0.1) is 0 Å². The van der Waals surface area contributed by atoms with Crippen molar-refractivity contribution < 1.29 is 27.9 Å². The van der Waals surface area contributed by atoms with Crippen LogP contribution in [-0.2, 0) is 4.79 Å². The quantitative estimate of drug-likeness (QED) is 0.865. The fraction of sp³-hybridized carbons (Fsp3) is 0.833. The smallest absolute Gasteiger partial charge is 0.406 e. The summed E-state index contributed by atoms with van der Waals surface area (Å²) in [5.41, 5.74) is 0. The Morgan fingerprint density at radius 3 is 2.55 bits per heavy atom. The number of urea groups is 1. The van der Waals surface area contributed by atoms with Gasteiger partial charge in [-0.25, -0.2) is 4.79 Å². The van der Waals surface area contributed by atoms with Crippen LogP contribution in [0.15, 0.2) is 0 Å². The van der Waals surface area contributed by atoms with Gasteiger partial charge in [0.2, 0.25) is 0 Å². The van der Waals surface area contributed by atoms with Gasteiger partial charge in [-0.3, -0.25) is 4.79 Å². The number of halogens is 3. The zero-order chi connectivity index (χ0) is 15.3. The van der Waals surface area contributed by atoms with Crippen LogP contribution >= 0.6 is 0 Å². The molecule has 1 rings (SSSR count). The highest BCUT2D eigenvalue weighted by molar-refractivity contribution is 5.75. The van der Waals surface area contributed by atoms with E-state index >= 15 is 0 Å². The molecule has 0 aliphatic carbocycles. The van der Waals surface area contributed by atoms with Crippen LogP contribution in [0.5, 0.6) is 0 Å². The van der Waals surface area contributed by atoms with E-state index in [9.17, 15) is 22.8 Å². The highest BCUT2D eigenvalue weighted by Crippen LogP contribution is 2.22. The van der Waals surface area contributed by atoms with Crippen molar-refractivity contribution in [1.29, 1.82) is 0 Å². The molecule has 1 aliphatic rings. The Bertz CT molecular complexity index is 360. The molecule has 0 aromatic heterocycles. The first-order valence-electron chi connectivity index (χ1n) is 6.55. The van der Waals surface area contributed by atoms with Gasteiger partial charge in [0.1, 0.15) is 6.54 Å². The summed E-state index contributed by atoms with van der Waals surface area (Å²) in [5, 5.41) is 8.74. The normalized spacial score (nSPS) is 19.8. The first-order chi connectivity index (χ1) is 9.23. The third kappa shape index (κ3) is 5.26. The van der Waals surface area contributed by atoms with Gasteiger partial charge >= 0.3 is 18.2 Å². The molecule has 5 nitrogen and oxygen atoms in total. The number of hydrogen-bond acceptors (Lipinski definition) is 2. The zero-order valence-electron chi connectivity index (χ0n) is 11.3. The van der Waals surface area contributed by atoms with E-state index in [1.165, 1.54) is 11.8 Å². The molecular weight excluding hydrogens is 277 g/mol. The number of hydrogen-bond donors (Lipinski definition) is 1. The molecular formula is C12H19F3N2O3. The number of piperidine rings is 1. The molecule has 1 saturated heterocycles. The molecule has 20 heavy (non-hydrogen) atoms. The van der Waals surface area contributed by atoms with Crippen molar-refractivity contribution in [1.82, 2.24) is 9.80 Å². The van der Waals surface area contributed by atoms with E-state index in [2.05, 4.69) is 0 Å². The number of carbonyl (C=O) groups excluding carboxylic acids is 1. The summed E-state index contributed by atoms with van der Waals surface area (Å²) in [6.45, 7) is 0.770. The van der Waals surface area contributed by atoms with Crippen molar-refractivity contribution >= 4 is 12.0 Å². The molecule has 1 unspecified atom stereocenters. The molecule has 0 aromatic rings. The average molecular weight is 296 g/mol. The van der Waals surface area contributed by atoms with Crippen LogP contribution in [-0.4, -0.2) is 59.3 Å². The van der Waals surface area contributed by atoms with Crippen molar-refractivity contribution in [2.45, 2.75) is 32.4 Å². The van der Waals surface area contributed by atoms with Gasteiger partial charge in [0, 0.05) is 26.1 Å². The number of likely N-dealkylation sites (tertiary alicyclic amines) is 1. The Kier molecular flexibility index (Phi) is 5.64. The van der Waals surface area contributed by atoms with Gasteiger partial charge in [-0.2, -0.15) is 13.2 Å². The van der Waals surface area contributed by atoms with Crippen molar-refractivity contribution in [3.63, 3.8) is 0 Å². The van der Waals surface area contributed by atoms with Crippen molar-refractivity contribution in [2.24, 2.45) is 5.92 Å². The fourth-order valence-electron chi connectivity index (χ4n) is 2.38. The highest BCUT2D eigenvalue weighted by atomic mass is 19.4. The van der Waals surface area contributed by atoms with E-state index < -0.39 is 24.7 Å². The first kappa shape index (κ1) is 16.6. The molecule has 1 atom stereocenters. The number of alkyl halides is 3. The second-order valence-corrected chi connectivity index (χ2v) is 4.96. The Labute approximate surface area is 115 Å². The maximum absolute atomic E-state index is 12.4. The number of amides is 2. The van der Waals surface area contributed by atoms with Crippen LogP contribution in [0.2, 0.25) is 0 Å². The van der Waals surface area contributed by atoms with E-state index in [-0.39, 0.29) is 25.4 Å². The molecule has 1 fully saturated rings. The van der Waals surface area contributed by atoms with Crippen LogP contribution in [0.1, 0.15) is 26.2 Å². The zero-order valence-corrected chi connectivity index (χ0v) is 11.3. The maximum Gasteiger partial charge on any atom is 0.406 e. The molecule has 1 heterocycles. The summed E-state index contributed by atoms with van der Waals surface area (Å²) in [6, 6.07) is -0.667. The lowest BCUT2D eigenvalue weighted by Gasteiger charge is -2.36. The molecule has 0 saturated carbocycles. The number of rotatable bonds is 4. The average Bonchev–Trinajstić information content (AvgIpc) is 2.33. The largest absolute Gasteiger partial charge is 0.481 e. The predicted octanol–water partition coefficient (Wildman–Crippen LogP) is 2.18. The summed E-state index contributed by atoms with van der Waals surface area (Å²) in [4.78, 5) is 24.8. The highest BCUT2D eigenvalue weighted by Gasteiger charge is 2.35. The second-order valence-electron chi connectivity index (χ2n) is 4.96. The Morgan fingerprint density at radius 1 is 1.40 bits per heavy atom. The van der Waals surface area contributed by atoms with Crippen LogP contribution < -0.4 is 0 Å². The molecule has 0 spiro atoms. The molecule has 8 heteroatoms. The van der Waals surface area contributed by atoms with Crippen LogP contribution in [0, 0.1) is 5.92 Å². The molecule has 0 bridgehead atoms. The molecule has 1 N–H and O–H groups in total. The minimum atomic E-state index is -4.43. The topological polar surface area (TPSA) is 60.9 Å². The Hall–Kier alpha value is -1.47. The lowest BCUT2D eigenvalue weighted by molar-refractivity contribution is -0.140. The summed E-state index contributed by atoms with van der Waals surface area (Å²) >= 11 is 0. The molecule has 0 aromatic carbocycles. The van der Waals surface area contributed by atoms with Crippen molar-refractivity contribution in [2.75, 3.05) is 26.2 Å². The third-order valence-corrected chi connectivity index (χ3v) is 3.28. The minimum Gasteiger partial charge on any atom is -0.481 e. The molecule has 116 valence electrons. The lowest BCUT2D eigenvalue weighted by atomic mass is 9.95. The predicted molar refractivity (Wildman–Crippen MR) is 65.2 cm³/mol. The van der Waals surface area contributed by atoms with Crippen LogP contribution in [0.25, 0.3) is 0 Å². The standard InChI is InChI=1S/C12H19F3N2O3/c1-2-16(8-12(13,14)15)11(20)17-5-3-4-9(7-17)6-10(18)19/h9H,2-8H2,1H3,(H,18,19). The first-order valence-corrected chi connectivity index (χ1v) is 6.55. The Morgan fingerprint density at radius 2 is 2.05 bits per heavy atom. The van der Waals surface area contributed by atoms with E-state index in [1.54, 1.807) is 0 Å². The summed E-state index contributed by atoms with van der Waals surface area (Å²) < 4.78 is 37.1. The van der Waals surface area contributed by atoms with Gasteiger partial charge in [0.05, 0.1) is 0 Å². The van der Waals surface area contributed by atoms with Gasteiger partial charge in [0.25, 0.3) is 0 Å². The maximum atomic E-state index is 12.4. The molecule has 0 radical (unpaired) electrons. The molecule has 2 amide bonds. The van der Waals surface area contributed by atoms with E-state index in [4.69, 9.17) is 5.11 Å². The summed E-state index contributed by atoms with van der Waals surface area (Å²) in [5.74, 6) is -1.14. The van der Waals surface area contributed by atoms with Crippen molar-refractivity contribution in [3.8, 4) is 0 Å². The number of carbonyl (C=O) groups is 2. The number of aliphatic carboxylic acids is 1. The third-order valence-electron chi connectivity index (χ3n) is 3.28. The molecule has 1 aliphatic heterocycles. The van der Waals surface area contributed by atoms with Gasteiger partial charge in [-0.1, -0.05) is 0 Å². The summed E-state index contributed by atoms with van der Waals surface area (Å²) in [7, 11) is 0. The lowest BCUT2D eigenvalue weighted by Crippen LogP contribution is -2.50. The van der Waals surface area contributed by atoms with E-state index in [1.807, 2.05) is 0 Å². The number of nitrogens with zero attached hydrogens (tertiary/aromatic N) is 2. The summed E-state index contributed by atoms with van der Waals surface area (Å²) in [6.07, 6.45) is -3.19. The van der Waals surface area contributed by atoms with E-state index in [0.717, 1.165) is 4.90 Å². The SMILES string of the molecule is CCN(CC(F)(F)F)C(=O)N1CCCC(CC(=O)O)C1. The minimum absolute atomic E-state index is 0.0293. The number of carboxylic acids is 1. The van der Waals surface area contributed by atoms with Gasteiger partial charge < -0.3 is 14.9 Å². The van der Waals surface area contributed by atoms with Gasteiger partial charge in [-0.05, 0) is 25.7 Å². The van der Waals surface area contributed by atoms with E-state index in [0.29, 0.717) is 19.4 Å². The van der Waals surface area contributed by atoms with Crippen molar-refractivity contribution in [3.05, 3.63) is 0 Å². The number of carboxylic acid groups (broad SMARTS) is 1. The van der Waals surface area contributed by atoms with Crippen LogP contribution in [0.3, 0.4) is 0 Å².